The Morgan fingerprint density at radius 2 is 2.05 bits per heavy atom. The van der Waals surface area contributed by atoms with Crippen LogP contribution in [0.1, 0.15) is 43.0 Å². The second kappa shape index (κ2) is 7.62. The molecule has 1 aromatic carbocycles. The average Bonchev–Trinajstić information content (AvgIpc) is 2.48. The van der Waals surface area contributed by atoms with Crippen LogP contribution in [0.4, 0.5) is 0 Å². The van der Waals surface area contributed by atoms with E-state index in [9.17, 15) is 0 Å². The van der Waals surface area contributed by atoms with Gasteiger partial charge in [0.15, 0.2) is 0 Å². The largest absolute Gasteiger partial charge is 0.310 e. The molecule has 0 aliphatic carbocycles. The minimum atomic E-state index is 0.326. The van der Waals surface area contributed by atoms with Crippen LogP contribution in [0.5, 0.6) is 0 Å². The lowest BCUT2D eigenvalue weighted by Crippen LogP contribution is -2.20. The molecule has 0 saturated carbocycles. The highest BCUT2D eigenvalue weighted by Crippen LogP contribution is 2.33. The first-order valence-electron chi connectivity index (χ1n) is 7.55. The quantitative estimate of drug-likeness (QED) is 0.820. The minimum absolute atomic E-state index is 0.326. The summed E-state index contributed by atoms with van der Waals surface area (Å²) in [5.74, 6) is 0. The van der Waals surface area contributed by atoms with Gasteiger partial charge in [-0.25, -0.2) is 4.98 Å². The predicted octanol–water partition coefficient (Wildman–Crippen LogP) is 4.91. The predicted molar refractivity (Wildman–Crippen MR) is 91.0 cm³/mol. The van der Waals surface area contributed by atoms with Crippen molar-refractivity contribution in [3.05, 3.63) is 53.2 Å². The summed E-state index contributed by atoms with van der Waals surface area (Å²) in [5, 5.41) is 4.64. The van der Waals surface area contributed by atoms with Crippen LogP contribution in [0.15, 0.2) is 46.5 Å². The molecule has 1 N–H and O–H groups in total. The Balaban J connectivity index is 2.23. The number of hydrogen-bond acceptors (Lipinski definition) is 3. The third-order valence-corrected chi connectivity index (χ3v) is 4.72. The van der Waals surface area contributed by atoms with Gasteiger partial charge in [0.25, 0.3) is 0 Å². The lowest BCUT2D eigenvalue weighted by Gasteiger charge is -2.17. The van der Waals surface area contributed by atoms with Gasteiger partial charge in [-0.15, -0.1) is 0 Å². The van der Waals surface area contributed by atoms with Gasteiger partial charge < -0.3 is 5.32 Å². The highest BCUT2D eigenvalue weighted by Gasteiger charge is 2.12. The molecule has 0 saturated heterocycles. The van der Waals surface area contributed by atoms with E-state index in [0.717, 1.165) is 18.0 Å². The molecule has 0 spiro atoms. The molecule has 0 aliphatic rings. The lowest BCUT2D eigenvalue weighted by molar-refractivity contribution is 0.560. The third kappa shape index (κ3) is 4.32. The zero-order valence-electron chi connectivity index (χ0n) is 13.3. The molecule has 21 heavy (non-hydrogen) atoms. The first kappa shape index (κ1) is 16.1. The van der Waals surface area contributed by atoms with Gasteiger partial charge in [0.1, 0.15) is 5.03 Å². The Labute approximate surface area is 132 Å². The molecule has 0 radical (unpaired) electrons. The maximum absolute atomic E-state index is 4.59. The zero-order chi connectivity index (χ0) is 15.2. The third-order valence-electron chi connectivity index (χ3n) is 3.50. The molecule has 2 rings (SSSR count). The van der Waals surface area contributed by atoms with Gasteiger partial charge in [0.05, 0.1) is 0 Å². The molecule has 0 bridgehead atoms. The summed E-state index contributed by atoms with van der Waals surface area (Å²) in [5.41, 5.74) is 3.89. The number of hydrogen-bond donors (Lipinski definition) is 1. The van der Waals surface area contributed by atoms with E-state index in [4.69, 9.17) is 0 Å². The van der Waals surface area contributed by atoms with Gasteiger partial charge in [-0.1, -0.05) is 42.4 Å². The molecule has 0 amide bonds. The molecule has 1 unspecified atom stereocenters. The van der Waals surface area contributed by atoms with Crippen molar-refractivity contribution in [2.75, 3.05) is 6.54 Å². The number of rotatable bonds is 6. The standard InChI is InChI=1S/C18H24N2S/c1-5-10-19-15(4)16-7-6-11-20-18(16)21-17-9-8-13(2)12-14(17)3/h6-9,11-12,15,19H,5,10H2,1-4H3. The Hall–Kier alpha value is -1.32. The average molecular weight is 300 g/mol. The second-order valence-corrected chi connectivity index (χ2v) is 6.48. The first-order valence-corrected chi connectivity index (χ1v) is 8.37. The van der Waals surface area contributed by atoms with Crippen LogP contribution in [-0.4, -0.2) is 11.5 Å². The van der Waals surface area contributed by atoms with Crippen molar-refractivity contribution in [2.45, 2.75) is 50.1 Å². The van der Waals surface area contributed by atoms with E-state index in [-0.39, 0.29) is 0 Å². The Morgan fingerprint density at radius 1 is 1.24 bits per heavy atom. The van der Waals surface area contributed by atoms with Crippen molar-refractivity contribution in [1.82, 2.24) is 10.3 Å². The van der Waals surface area contributed by atoms with Gasteiger partial charge >= 0.3 is 0 Å². The minimum Gasteiger partial charge on any atom is -0.310 e. The van der Waals surface area contributed by atoms with Gasteiger partial charge in [0.2, 0.25) is 0 Å². The Bertz CT molecular complexity index is 596. The molecular formula is C18H24N2S. The highest BCUT2D eigenvalue weighted by atomic mass is 32.2. The van der Waals surface area contributed by atoms with E-state index in [1.54, 1.807) is 11.8 Å². The molecule has 2 nitrogen and oxygen atoms in total. The maximum atomic E-state index is 4.59. The van der Waals surface area contributed by atoms with Crippen molar-refractivity contribution in [3.63, 3.8) is 0 Å². The molecule has 112 valence electrons. The molecule has 2 aromatic rings. The fraction of sp³-hybridized carbons (Fsp3) is 0.389. The molecule has 0 aliphatic heterocycles. The van der Waals surface area contributed by atoms with E-state index < -0.39 is 0 Å². The Kier molecular flexibility index (Phi) is 5.83. The van der Waals surface area contributed by atoms with E-state index in [1.165, 1.54) is 21.6 Å². The summed E-state index contributed by atoms with van der Waals surface area (Å²) in [7, 11) is 0. The van der Waals surface area contributed by atoms with Gasteiger partial charge in [-0.3, -0.25) is 0 Å². The van der Waals surface area contributed by atoms with Crippen molar-refractivity contribution >= 4 is 11.8 Å². The maximum Gasteiger partial charge on any atom is 0.105 e. The summed E-state index contributed by atoms with van der Waals surface area (Å²) in [4.78, 5) is 5.87. The molecule has 3 heteroatoms. The Morgan fingerprint density at radius 3 is 2.76 bits per heavy atom. The van der Waals surface area contributed by atoms with Gasteiger partial charge in [-0.2, -0.15) is 0 Å². The second-order valence-electron chi connectivity index (χ2n) is 5.44. The number of aromatic nitrogens is 1. The van der Waals surface area contributed by atoms with Crippen LogP contribution in [-0.2, 0) is 0 Å². The summed E-state index contributed by atoms with van der Waals surface area (Å²) in [6.45, 7) is 9.72. The van der Waals surface area contributed by atoms with Crippen LogP contribution in [0.3, 0.4) is 0 Å². The first-order chi connectivity index (χ1) is 10.1. The summed E-state index contributed by atoms with van der Waals surface area (Å²) in [6, 6.07) is 11.1. The van der Waals surface area contributed by atoms with Crippen LogP contribution in [0.25, 0.3) is 0 Å². The fourth-order valence-electron chi connectivity index (χ4n) is 2.31. The number of benzene rings is 1. The van der Waals surface area contributed by atoms with Crippen molar-refractivity contribution in [2.24, 2.45) is 0 Å². The number of pyridine rings is 1. The van der Waals surface area contributed by atoms with Crippen LogP contribution >= 0.6 is 11.8 Å². The molecular weight excluding hydrogens is 276 g/mol. The summed E-state index contributed by atoms with van der Waals surface area (Å²) in [6.07, 6.45) is 3.02. The normalized spacial score (nSPS) is 12.4. The molecule has 0 fully saturated rings. The smallest absolute Gasteiger partial charge is 0.105 e. The van der Waals surface area contributed by atoms with Crippen molar-refractivity contribution < 1.29 is 0 Å². The highest BCUT2D eigenvalue weighted by molar-refractivity contribution is 7.99. The SMILES string of the molecule is CCCNC(C)c1cccnc1Sc1ccc(C)cc1C. The monoisotopic (exact) mass is 300 g/mol. The van der Waals surface area contributed by atoms with Crippen molar-refractivity contribution in [3.8, 4) is 0 Å². The van der Waals surface area contributed by atoms with Gasteiger partial charge in [-0.05, 0) is 51.4 Å². The fourth-order valence-corrected chi connectivity index (χ4v) is 3.35. The molecule has 1 atom stereocenters. The summed E-state index contributed by atoms with van der Waals surface area (Å²) >= 11 is 1.76. The van der Waals surface area contributed by atoms with Crippen molar-refractivity contribution in [1.29, 1.82) is 0 Å². The topological polar surface area (TPSA) is 24.9 Å². The van der Waals surface area contributed by atoms with Crippen LogP contribution < -0.4 is 5.32 Å². The van der Waals surface area contributed by atoms with Gasteiger partial charge in [0, 0.05) is 22.7 Å². The number of aryl methyl sites for hydroxylation is 2. The number of nitrogens with one attached hydrogen (secondary N) is 1. The van der Waals surface area contributed by atoms with Crippen LogP contribution in [0.2, 0.25) is 0 Å². The lowest BCUT2D eigenvalue weighted by atomic mass is 10.1. The number of nitrogens with zero attached hydrogens (tertiary/aromatic N) is 1. The molecule has 1 aromatic heterocycles. The zero-order valence-corrected chi connectivity index (χ0v) is 14.1. The van der Waals surface area contributed by atoms with E-state index >= 15 is 0 Å². The van der Waals surface area contributed by atoms with E-state index in [2.05, 4.69) is 62.3 Å². The van der Waals surface area contributed by atoms with E-state index in [0.29, 0.717) is 6.04 Å². The van der Waals surface area contributed by atoms with Crippen LogP contribution in [0, 0.1) is 13.8 Å². The van der Waals surface area contributed by atoms with E-state index in [1.807, 2.05) is 12.3 Å². The summed E-state index contributed by atoms with van der Waals surface area (Å²) < 4.78 is 0. The molecule has 1 heterocycles.